The fraction of sp³-hybridized carbons (Fsp3) is 0.929. The Balaban J connectivity index is 1.83. The summed E-state index contributed by atoms with van der Waals surface area (Å²) < 4.78 is 29.1. The smallest absolute Gasteiger partial charge is 0.302 e. The topological polar surface area (TPSA) is 63.2 Å². The molecule has 20 heavy (non-hydrogen) atoms. The van der Waals surface area contributed by atoms with Crippen LogP contribution in [0.4, 0.5) is 0 Å². The molecule has 0 aromatic rings. The van der Waals surface area contributed by atoms with Crippen molar-refractivity contribution in [2.45, 2.75) is 76.5 Å². The summed E-state index contributed by atoms with van der Waals surface area (Å²) >= 11 is 0. The molecule has 0 N–H and O–H groups in total. The van der Waals surface area contributed by atoms with Crippen LogP contribution in [0.25, 0.3) is 0 Å². The molecule has 0 amide bonds. The number of hydrogen-bond donors (Lipinski definition) is 0. The fourth-order valence-electron chi connectivity index (χ4n) is 3.52. The molecule has 0 unspecified atom stereocenters. The van der Waals surface area contributed by atoms with Crippen molar-refractivity contribution in [1.29, 1.82) is 0 Å². The van der Waals surface area contributed by atoms with Crippen LogP contribution in [0.1, 0.15) is 41.0 Å². The van der Waals surface area contributed by atoms with E-state index < -0.39 is 17.2 Å². The quantitative estimate of drug-likeness (QED) is 0.714. The van der Waals surface area contributed by atoms with E-state index in [4.69, 9.17) is 23.7 Å². The number of fused-ring (bicyclic) bond motifs is 3. The summed E-state index contributed by atoms with van der Waals surface area (Å²) in [7, 11) is 0. The Morgan fingerprint density at radius 1 is 1.15 bits per heavy atom. The lowest BCUT2D eigenvalue weighted by Crippen LogP contribution is -2.45. The Kier molecular flexibility index (Phi) is 2.97. The van der Waals surface area contributed by atoms with E-state index in [9.17, 15) is 4.79 Å². The van der Waals surface area contributed by atoms with Gasteiger partial charge in [-0.3, -0.25) is 4.79 Å². The second kappa shape index (κ2) is 4.16. The minimum absolute atomic E-state index is 0.0957. The van der Waals surface area contributed by atoms with Crippen LogP contribution in [0.15, 0.2) is 0 Å². The SMILES string of the molecule is CC(=O)OC[C@@]12C[C@H]3OC(C)(C)O[C@H]3[C@@H]1OC(C)(C)O2. The van der Waals surface area contributed by atoms with E-state index in [0.29, 0.717) is 6.42 Å². The zero-order valence-corrected chi connectivity index (χ0v) is 12.6. The van der Waals surface area contributed by atoms with Crippen molar-refractivity contribution in [3.63, 3.8) is 0 Å². The van der Waals surface area contributed by atoms with Gasteiger partial charge in [-0.15, -0.1) is 0 Å². The number of esters is 1. The average molecular weight is 286 g/mol. The first kappa shape index (κ1) is 14.3. The van der Waals surface area contributed by atoms with Gasteiger partial charge in [-0.2, -0.15) is 0 Å². The first-order valence-electron chi connectivity index (χ1n) is 7.00. The van der Waals surface area contributed by atoms with Gasteiger partial charge >= 0.3 is 5.97 Å². The molecule has 2 aliphatic heterocycles. The van der Waals surface area contributed by atoms with Crippen molar-refractivity contribution < 1.29 is 28.5 Å². The minimum Gasteiger partial charge on any atom is -0.463 e. The lowest BCUT2D eigenvalue weighted by Gasteiger charge is -2.30. The highest BCUT2D eigenvalue weighted by atomic mass is 16.8. The largest absolute Gasteiger partial charge is 0.463 e. The maximum atomic E-state index is 11.1. The molecule has 6 heteroatoms. The summed E-state index contributed by atoms with van der Waals surface area (Å²) in [5, 5.41) is 0. The van der Waals surface area contributed by atoms with Gasteiger partial charge in [0.1, 0.15) is 24.4 Å². The van der Waals surface area contributed by atoms with E-state index in [1.807, 2.05) is 27.7 Å². The van der Waals surface area contributed by atoms with Crippen LogP contribution in [-0.2, 0) is 28.5 Å². The average Bonchev–Trinajstić information content (AvgIpc) is 2.77. The first-order valence-corrected chi connectivity index (χ1v) is 7.00. The Hall–Kier alpha value is -0.690. The van der Waals surface area contributed by atoms with Crippen LogP contribution in [0.3, 0.4) is 0 Å². The molecule has 2 heterocycles. The zero-order valence-electron chi connectivity index (χ0n) is 12.6. The van der Waals surface area contributed by atoms with Gasteiger partial charge in [0, 0.05) is 13.3 Å². The summed E-state index contributed by atoms with van der Waals surface area (Å²) in [5.41, 5.74) is -0.680. The highest BCUT2D eigenvalue weighted by molar-refractivity contribution is 5.66. The predicted molar refractivity (Wildman–Crippen MR) is 67.8 cm³/mol. The van der Waals surface area contributed by atoms with Crippen LogP contribution in [0, 0.1) is 0 Å². The predicted octanol–water partition coefficient (Wildman–Crippen LogP) is 1.36. The second-order valence-electron chi connectivity index (χ2n) is 6.73. The molecule has 0 bridgehead atoms. The van der Waals surface area contributed by atoms with Gasteiger partial charge in [-0.05, 0) is 27.7 Å². The molecular formula is C14H22O6. The molecule has 1 aliphatic carbocycles. The standard InChI is InChI=1S/C14H22O6/c1-8(15)16-7-14-6-9-10(18-12(2,3)17-9)11(14)19-13(4,5)20-14/h9-11H,6-7H2,1-5H3/t9-,10-,11+,14+/m1/s1. The number of rotatable bonds is 2. The van der Waals surface area contributed by atoms with Crippen molar-refractivity contribution in [3.05, 3.63) is 0 Å². The third-order valence-electron chi connectivity index (χ3n) is 3.96. The molecule has 0 spiro atoms. The number of carbonyl (C=O) groups is 1. The van der Waals surface area contributed by atoms with E-state index in [1.165, 1.54) is 6.92 Å². The fourth-order valence-corrected chi connectivity index (χ4v) is 3.52. The highest BCUT2D eigenvalue weighted by Crippen LogP contribution is 2.52. The van der Waals surface area contributed by atoms with Crippen molar-refractivity contribution in [2.24, 2.45) is 0 Å². The van der Waals surface area contributed by atoms with E-state index >= 15 is 0 Å². The molecule has 3 rings (SSSR count). The molecule has 114 valence electrons. The molecule has 4 atom stereocenters. The van der Waals surface area contributed by atoms with Crippen molar-refractivity contribution in [3.8, 4) is 0 Å². The maximum absolute atomic E-state index is 11.1. The molecular weight excluding hydrogens is 264 g/mol. The van der Waals surface area contributed by atoms with Gasteiger partial charge in [0.05, 0.1) is 6.10 Å². The maximum Gasteiger partial charge on any atom is 0.302 e. The number of ether oxygens (including phenoxy) is 5. The number of hydrogen-bond acceptors (Lipinski definition) is 6. The van der Waals surface area contributed by atoms with E-state index in [0.717, 1.165) is 0 Å². The first-order chi connectivity index (χ1) is 9.13. The van der Waals surface area contributed by atoms with Crippen molar-refractivity contribution in [1.82, 2.24) is 0 Å². The zero-order chi connectivity index (χ0) is 14.8. The lowest BCUT2D eigenvalue weighted by atomic mass is 10.0. The third-order valence-corrected chi connectivity index (χ3v) is 3.96. The Morgan fingerprint density at radius 3 is 2.50 bits per heavy atom. The summed E-state index contributed by atoms with van der Waals surface area (Å²) in [5.74, 6) is -1.66. The molecule has 6 nitrogen and oxygen atoms in total. The van der Waals surface area contributed by atoms with E-state index in [-0.39, 0.29) is 30.9 Å². The molecule has 0 aromatic carbocycles. The van der Waals surface area contributed by atoms with Crippen LogP contribution < -0.4 is 0 Å². The van der Waals surface area contributed by atoms with Crippen LogP contribution in [-0.4, -0.2) is 48.1 Å². The molecule has 3 aliphatic rings. The monoisotopic (exact) mass is 286 g/mol. The Morgan fingerprint density at radius 2 is 1.85 bits per heavy atom. The van der Waals surface area contributed by atoms with Gasteiger partial charge < -0.3 is 23.7 Å². The summed E-state index contributed by atoms with van der Waals surface area (Å²) in [6.07, 6.45) is 0.0234. The Labute approximate surface area is 118 Å². The van der Waals surface area contributed by atoms with Gasteiger partial charge in [0.2, 0.25) is 0 Å². The van der Waals surface area contributed by atoms with Crippen LogP contribution >= 0.6 is 0 Å². The lowest BCUT2D eigenvalue weighted by molar-refractivity contribution is -0.190. The van der Waals surface area contributed by atoms with Gasteiger partial charge in [-0.1, -0.05) is 0 Å². The summed E-state index contributed by atoms with van der Waals surface area (Å²) in [4.78, 5) is 11.1. The van der Waals surface area contributed by atoms with Gasteiger partial charge in [0.15, 0.2) is 11.6 Å². The van der Waals surface area contributed by atoms with Gasteiger partial charge in [-0.25, -0.2) is 0 Å². The van der Waals surface area contributed by atoms with E-state index in [1.54, 1.807) is 0 Å². The molecule has 2 saturated heterocycles. The highest BCUT2D eigenvalue weighted by Gasteiger charge is 2.68. The van der Waals surface area contributed by atoms with Gasteiger partial charge in [0.25, 0.3) is 0 Å². The normalized spacial score (nSPS) is 44.1. The molecule has 0 radical (unpaired) electrons. The third kappa shape index (κ3) is 2.24. The summed E-state index contributed by atoms with van der Waals surface area (Å²) in [6, 6.07) is 0. The van der Waals surface area contributed by atoms with Crippen molar-refractivity contribution in [2.75, 3.05) is 6.61 Å². The molecule has 1 saturated carbocycles. The molecule has 0 aromatic heterocycles. The van der Waals surface area contributed by atoms with Crippen molar-refractivity contribution >= 4 is 5.97 Å². The van der Waals surface area contributed by atoms with E-state index in [2.05, 4.69) is 0 Å². The summed E-state index contributed by atoms with van der Waals surface area (Å²) in [6.45, 7) is 9.04. The van der Waals surface area contributed by atoms with Crippen LogP contribution in [0.5, 0.6) is 0 Å². The number of carbonyl (C=O) groups excluding carboxylic acids is 1. The Bertz CT molecular complexity index is 431. The second-order valence-corrected chi connectivity index (χ2v) is 6.73. The minimum atomic E-state index is -0.716. The van der Waals surface area contributed by atoms with Crippen LogP contribution in [0.2, 0.25) is 0 Å². The molecule has 3 fully saturated rings.